The van der Waals surface area contributed by atoms with Crippen LogP contribution in [-0.2, 0) is 5.41 Å². The maximum atomic E-state index is 13.6. The second-order valence-corrected chi connectivity index (χ2v) is 8.97. The lowest BCUT2D eigenvalue weighted by atomic mass is 9.65. The number of hydrogen-bond donors (Lipinski definition) is 2. The van der Waals surface area contributed by atoms with Crippen LogP contribution in [0.25, 0.3) is 0 Å². The van der Waals surface area contributed by atoms with Crippen molar-refractivity contribution in [3.8, 4) is 11.5 Å². The van der Waals surface area contributed by atoms with E-state index in [4.69, 9.17) is 9.47 Å². The summed E-state index contributed by atoms with van der Waals surface area (Å²) in [6.45, 7) is 0.956. The van der Waals surface area contributed by atoms with Gasteiger partial charge >= 0.3 is 11.7 Å². The number of carbonyl (C=O) groups is 1. The summed E-state index contributed by atoms with van der Waals surface area (Å²) in [6, 6.07) is 9.11. The minimum Gasteiger partial charge on any atom is -0.493 e. The van der Waals surface area contributed by atoms with Crippen molar-refractivity contribution in [1.82, 2.24) is 10.2 Å². The Hall–Kier alpha value is -3.40. The van der Waals surface area contributed by atoms with Gasteiger partial charge in [0.25, 0.3) is 0 Å². The van der Waals surface area contributed by atoms with E-state index in [0.717, 1.165) is 44.4 Å². The quantitative estimate of drug-likeness (QED) is 0.485. The molecule has 1 heterocycles. The van der Waals surface area contributed by atoms with E-state index in [9.17, 15) is 19.3 Å². The Bertz CT molecular complexity index is 1100. The standard InChI is InChI=1S/C24H29FN4O5/c1-28-11-10-24(15-4-7-20(33-2)21(12-15)34-3)9-8-17(14-22(24)28)27-23(30)26-16-5-6-18(25)19(13-16)29(31)32/h4-7,12-13,17,22H,8-11,14H2,1-3H3,(H2,26,27,30)/t17-,22+,24+/m1/s1. The van der Waals surface area contributed by atoms with Crippen LogP contribution in [0.1, 0.15) is 31.2 Å². The number of fused-ring (bicyclic) bond motifs is 1. The lowest BCUT2D eigenvalue weighted by Gasteiger charge is -2.45. The summed E-state index contributed by atoms with van der Waals surface area (Å²) in [4.78, 5) is 25.1. The molecular formula is C24H29FN4O5. The van der Waals surface area contributed by atoms with Gasteiger partial charge in [-0.1, -0.05) is 6.07 Å². The molecule has 2 N–H and O–H groups in total. The predicted octanol–water partition coefficient (Wildman–Crippen LogP) is 4.07. The number of nitrogens with one attached hydrogen (secondary N) is 2. The maximum absolute atomic E-state index is 13.6. The Morgan fingerprint density at radius 1 is 1.18 bits per heavy atom. The fourth-order valence-electron chi connectivity index (χ4n) is 5.48. The third-order valence-corrected chi connectivity index (χ3v) is 7.22. The van der Waals surface area contributed by atoms with Crippen molar-refractivity contribution in [1.29, 1.82) is 0 Å². The van der Waals surface area contributed by atoms with Crippen LogP contribution in [0.2, 0.25) is 0 Å². The molecule has 4 rings (SSSR count). The number of likely N-dealkylation sites (tertiary alicyclic amines) is 1. The van der Waals surface area contributed by atoms with Crippen LogP contribution in [-0.4, -0.2) is 55.8 Å². The second kappa shape index (κ2) is 9.46. The first-order valence-corrected chi connectivity index (χ1v) is 11.2. The van der Waals surface area contributed by atoms with Gasteiger partial charge in [-0.15, -0.1) is 0 Å². The van der Waals surface area contributed by atoms with E-state index in [0.29, 0.717) is 11.5 Å². The minimum atomic E-state index is -0.945. The normalized spacial score (nSPS) is 24.2. The van der Waals surface area contributed by atoms with Crippen molar-refractivity contribution in [2.45, 2.75) is 43.2 Å². The molecule has 34 heavy (non-hydrogen) atoms. The first kappa shape index (κ1) is 23.7. The maximum Gasteiger partial charge on any atom is 0.319 e. The second-order valence-electron chi connectivity index (χ2n) is 8.97. The number of anilines is 1. The third-order valence-electron chi connectivity index (χ3n) is 7.22. The number of benzene rings is 2. The highest BCUT2D eigenvalue weighted by Gasteiger charge is 2.50. The molecule has 10 heteroatoms. The van der Waals surface area contributed by atoms with Gasteiger partial charge in [0, 0.05) is 29.3 Å². The van der Waals surface area contributed by atoms with Gasteiger partial charge < -0.3 is 25.0 Å². The Morgan fingerprint density at radius 3 is 2.65 bits per heavy atom. The highest BCUT2D eigenvalue weighted by molar-refractivity contribution is 5.89. The molecule has 2 aliphatic rings. The van der Waals surface area contributed by atoms with Gasteiger partial charge in [-0.3, -0.25) is 10.1 Å². The zero-order chi connectivity index (χ0) is 24.5. The van der Waals surface area contributed by atoms with Crippen LogP contribution in [0.15, 0.2) is 36.4 Å². The number of likely N-dealkylation sites (N-methyl/N-ethyl adjacent to an activating group) is 1. The smallest absolute Gasteiger partial charge is 0.319 e. The number of urea groups is 1. The SMILES string of the molecule is COc1ccc([C@@]23CC[C@@H](NC(=O)Nc4ccc(F)c([N+](=O)[O-])c4)C[C@@H]2N(C)CC3)cc1OC. The molecular weight excluding hydrogens is 443 g/mol. The number of methoxy groups -OCH3 is 2. The molecule has 0 bridgehead atoms. The number of hydrogen-bond acceptors (Lipinski definition) is 6. The summed E-state index contributed by atoms with van der Waals surface area (Å²) in [5, 5.41) is 16.5. The van der Waals surface area contributed by atoms with Gasteiger partial charge in [-0.05, 0) is 69.1 Å². The van der Waals surface area contributed by atoms with Crippen LogP contribution < -0.4 is 20.1 Å². The first-order valence-electron chi connectivity index (χ1n) is 11.2. The number of ether oxygens (including phenoxy) is 2. The van der Waals surface area contributed by atoms with Crippen molar-refractivity contribution >= 4 is 17.4 Å². The van der Waals surface area contributed by atoms with E-state index in [-0.39, 0.29) is 23.2 Å². The Labute approximate surface area is 197 Å². The van der Waals surface area contributed by atoms with Crippen LogP contribution in [0.4, 0.5) is 20.6 Å². The number of carbonyl (C=O) groups excluding carboxylic acids is 1. The first-order chi connectivity index (χ1) is 16.3. The number of nitro benzene ring substituents is 1. The molecule has 2 aromatic rings. The average molecular weight is 473 g/mol. The molecule has 0 spiro atoms. The summed E-state index contributed by atoms with van der Waals surface area (Å²) in [5.74, 6) is 0.452. The molecule has 2 fully saturated rings. The van der Waals surface area contributed by atoms with Crippen molar-refractivity contribution in [2.75, 3.05) is 33.1 Å². The van der Waals surface area contributed by atoms with Crippen LogP contribution >= 0.6 is 0 Å². The zero-order valence-corrected chi connectivity index (χ0v) is 19.5. The van der Waals surface area contributed by atoms with E-state index in [1.807, 2.05) is 6.07 Å². The molecule has 2 aromatic carbocycles. The van der Waals surface area contributed by atoms with E-state index >= 15 is 0 Å². The topological polar surface area (TPSA) is 106 Å². The summed E-state index contributed by atoms with van der Waals surface area (Å²) < 4.78 is 24.5. The van der Waals surface area contributed by atoms with Gasteiger partial charge in [0.2, 0.25) is 5.82 Å². The van der Waals surface area contributed by atoms with Gasteiger partial charge in [-0.2, -0.15) is 4.39 Å². The minimum absolute atomic E-state index is 0.0411. The van der Waals surface area contributed by atoms with Crippen LogP contribution in [0.3, 0.4) is 0 Å². The van der Waals surface area contributed by atoms with E-state index in [1.165, 1.54) is 11.6 Å². The lowest BCUT2D eigenvalue weighted by Crippen LogP contribution is -2.52. The molecule has 1 aliphatic heterocycles. The monoisotopic (exact) mass is 472 g/mol. The highest BCUT2D eigenvalue weighted by atomic mass is 19.1. The van der Waals surface area contributed by atoms with Crippen LogP contribution in [0.5, 0.6) is 11.5 Å². The Kier molecular flexibility index (Phi) is 6.60. The zero-order valence-electron chi connectivity index (χ0n) is 19.5. The Morgan fingerprint density at radius 2 is 1.94 bits per heavy atom. The number of nitro groups is 1. The number of nitrogens with zero attached hydrogens (tertiary/aromatic N) is 2. The molecule has 1 aliphatic carbocycles. The summed E-state index contributed by atoms with van der Waals surface area (Å²) >= 11 is 0. The fourth-order valence-corrected chi connectivity index (χ4v) is 5.48. The largest absolute Gasteiger partial charge is 0.493 e. The van der Waals surface area contributed by atoms with Crippen LogP contribution in [0, 0.1) is 15.9 Å². The summed E-state index contributed by atoms with van der Waals surface area (Å²) in [6.07, 6.45) is 3.46. The van der Waals surface area contributed by atoms with Gasteiger partial charge in [-0.25, -0.2) is 4.79 Å². The van der Waals surface area contributed by atoms with Crippen molar-refractivity contribution in [2.24, 2.45) is 0 Å². The molecule has 0 aromatic heterocycles. The Balaban J connectivity index is 1.47. The van der Waals surface area contributed by atoms with Gasteiger partial charge in [0.1, 0.15) is 0 Å². The van der Waals surface area contributed by atoms with Crippen molar-refractivity contribution in [3.05, 3.63) is 57.9 Å². The van der Waals surface area contributed by atoms with E-state index in [1.54, 1.807) is 14.2 Å². The number of rotatable bonds is 6. The summed E-state index contributed by atoms with van der Waals surface area (Å²) in [5.41, 5.74) is 0.656. The van der Waals surface area contributed by atoms with Crippen molar-refractivity contribution < 1.29 is 23.6 Å². The summed E-state index contributed by atoms with van der Waals surface area (Å²) in [7, 11) is 5.36. The van der Waals surface area contributed by atoms with E-state index in [2.05, 4.69) is 34.7 Å². The molecule has 0 unspecified atom stereocenters. The molecule has 9 nitrogen and oxygen atoms in total. The lowest BCUT2D eigenvalue weighted by molar-refractivity contribution is -0.387. The molecule has 3 atom stereocenters. The van der Waals surface area contributed by atoms with Gasteiger partial charge in [0.05, 0.1) is 19.1 Å². The van der Waals surface area contributed by atoms with E-state index < -0.39 is 22.5 Å². The van der Waals surface area contributed by atoms with Gasteiger partial charge in [0.15, 0.2) is 11.5 Å². The molecule has 0 radical (unpaired) electrons. The fraction of sp³-hybridized carbons (Fsp3) is 0.458. The molecule has 1 saturated carbocycles. The molecule has 1 saturated heterocycles. The predicted molar refractivity (Wildman–Crippen MR) is 125 cm³/mol. The third kappa shape index (κ3) is 4.37. The number of amides is 2. The average Bonchev–Trinajstić information content (AvgIpc) is 3.16. The molecule has 2 amide bonds. The molecule has 182 valence electrons. The highest BCUT2D eigenvalue weighted by Crippen LogP contribution is 2.49. The number of halogens is 1. The van der Waals surface area contributed by atoms with Crippen molar-refractivity contribution in [3.63, 3.8) is 0 Å².